The summed E-state index contributed by atoms with van der Waals surface area (Å²) in [6.45, 7) is 1.50. The van der Waals surface area contributed by atoms with Crippen LogP contribution in [0.15, 0.2) is 53.4 Å². The topological polar surface area (TPSA) is 84.9 Å². The highest BCUT2D eigenvalue weighted by Gasteiger charge is 2.26. The van der Waals surface area contributed by atoms with Gasteiger partial charge in [-0.2, -0.15) is 4.31 Å². The molecule has 0 bridgehead atoms. The van der Waals surface area contributed by atoms with E-state index in [0.29, 0.717) is 37.4 Å². The molecule has 0 aromatic heterocycles. The highest BCUT2D eigenvalue weighted by Crippen LogP contribution is 2.19. The Kier molecular flexibility index (Phi) is 6.96. The van der Waals surface area contributed by atoms with Gasteiger partial charge in [0.2, 0.25) is 10.0 Å². The first-order chi connectivity index (χ1) is 13.9. The fourth-order valence-electron chi connectivity index (χ4n) is 3.05. The maximum Gasteiger partial charge on any atom is 0.251 e. The van der Waals surface area contributed by atoms with Crippen molar-refractivity contribution < 1.29 is 27.1 Å². The standard InChI is InChI=1S/C20H23FN2O5S/c1-27-19(16-3-2-4-17(21)13-16)14-22-20(24)15-5-7-18(8-6-15)29(25,26)23-9-11-28-12-10-23/h2-8,13,19H,9-12,14H2,1H3,(H,22,24). The van der Waals surface area contributed by atoms with Crippen LogP contribution < -0.4 is 5.32 Å². The fourth-order valence-corrected chi connectivity index (χ4v) is 4.45. The Balaban J connectivity index is 1.64. The number of carbonyl (C=O) groups excluding carboxylic acids is 1. The molecule has 1 atom stereocenters. The summed E-state index contributed by atoms with van der Waals surface area (Å²) in [6, 6.07) is 11.7. The summed E-state index contributed by atoms with van der Waals surface area (Å²) in [4.78, 5) is 12.5. The van der Waals surface area contributed by atoms with Gasteiger partial charge in [0.05, 0.1) is 24.2 Å². The van der Waals surface area contributed by atoms with E-state index in [4.69, 9.17) is 9.47 Å². The van der Waals surface area contributed by atoms with E-state index in [9.17, 15) is 17.6 Å². The lowest BCUT2D eigenvalue weighted by Gasteiger charge is -2.26. The normalized spacial score (nSPS) is 16.3. The minimum Gasteiger partial charge on any atom is -0.379 e. The van der Waals surface area contributed by atoms with Crippen LogP contribution in [-0.4, -0.2) is 58.6 Å². The molecule has 0 aliphatic carbocycles. The summed E-state index contributed by atoms with van der Waals surface area (Å²) in [5.41, 5.74) is 0.930. The molecule has 9 heteroatoms. The largest absolute Gasteiger partial charge is 0.379 e. The number of hydrogen-bond acceptors (Lipinski definition) is 5. The second-order valence-corrected chi connectivity index (χ2v) is 8.47. The van der Waals surface area contributed by atoms with Gasteiger partial charge in [0, 0.05) is 32.3 Å². The van der Waals surface area contributed by atoms with Crippen LogP contribution >= 0.6 is 0 Å². The molecule has 2 aromatic carbocycles. The maximum absolute atomic E-state index is 13.4. The predicted octanol–water partition coefficient (Wildman–Crippen LogP) is 1.96. The molecule has 1 N–H and O–H groups in total. The molecule has 156 valence electrons. The number of halogens is 1. The minimum atomic E-state index is -3.61. The number of carbonyl (C=O) groups is 1. The summed E-state index contributed by atoms with van der Waals surface area (Å²) in [5.74, 6) is -0.758. The third-order valence-corrected chi connectivity index (χ3v) is 6.59. The van der Waals surface area contributed by atoms with Gasteiger partial charge in [-0.15, -0.1) is 0 Å². The molecule has 0 saturated carbocycles. The number of nitrogens with zero attached hydrogens (tertiary/aromatic N) is 1. The van der Waals surface area contributed by atoms with Crippen molar-refractivity contribution in [3.05, 3.63) is 65.5 Å². The van der Waals surface area contributed by atoms with Gasteiger partial charge in [-0.25, -0.2) is 12.8 Å². The second kappa shape index (κ2) is 9.45. The van der Waals surface area contributed by atoms with E-state index in [1.54, 1.807) is 12.1 Å². The number of rotatable bonds is 7. The average Bonchev–Trinajstić information content (AvgIpc) is 2.75. The molecular weight excluding hydrogens is 399 g/mol. The minimum absolute atomic E-state index is 0.130. The molecule has 1 aliphatic rings. The highest BCUT2D eigenvalue weighted by atomic mass is 32.2. The Bertz CT molecular complexity index is 944. The van der Waals surface area contributed by atoms with Crippen LogP contribution in [0.3, 0.4) is 0 Å². The summed E-state index contributed by atoms with van der Waals surface area (Å²) in [7, 11) is -2.13. The first-order valence-corrected chi connectivity index (χ1v) is 10.6. The van der Waals surface area contributed by atoms with Crippen molar-refractivity contribution in [3.8, 4) is 0 Å². The van der Waals surface area contributed by atoms with Gasteiger partial charge in [-0.1, -0.05) is 12.1 Å². The zero-order chi connectivity index (χ0) is 20.9. The van der Waals surface area contributed by atoms with Crippen LogP contribution in [-0.2, 0) is 19.5 Å². The monoisotopic (exact) mass is 422 g/mol. The number of morpholine rings is 1. The lowest BCUT2D eigenvalue weighted by atomic mass is 10.1. The zero-order valence-electron chi connectivity index (χ0n) is 16.0. The van der Waals surface area contributed by atoms with E-state index >= 15 is 0 Å². The second-order valence-electron chi connectivity index (χ2n) is 6.53. The van der Waals surface area contributed by atoms with Crippen molar-refractivity contribution >= 4 is 15.9 Å². The Morgan fingerprint density at radius 3 is 2.52 bits per heavy atom. The number of benzene rings is 2. The Morgan fingerprint density at radius 1 is 1.21 bits per heavy atom. The third kappa shape index (κ3) is 5.18. The summed E-state index contributed by atoms with van der Waals surface area (Å²) >= 11 is 0. The number of hydrogen-bond donors (Lipinski definition) is 1. The van der Waals surface area contributed by atoms with Crippen LogP contribution in [0.25, 0.3) is 0 Å². The average molecular weight is 422 g/mol. The van der Waals surface area contributed by atoms with Crippen LogP contribution in [0.5, 0.6) is 0 Å². The Hall–Kier alpha value is -2.33. The maximum atomic E-state index is 13.4. The fraction of sp³-hybridized carbons (Fsp3) is 0.350. The van der Waals surface area contributed by atoms with Crippen LogP contribution in [0, 0.1) is 5.82 Å². The van der Waals surface area contributed by atoms with Crippen LogP contribution in [0.2, 0.25) is 0 Å². The summed E-state index contributed by atoms with van der Waals surface area (Å²) < 4.78 is 50.5. The molecule has 7 nitrogen and oxygen atoms in total. The van der Waals surface area contributed by atoms with E-state index in [2.05, 4.69) is 5.32 Å². The first kappa shape index (κ1) is 21.4. The first-order valence-electron chi connectivity index (χ1n) is 9.16. The van der Waals surface area contributed by atoms with Crippen molar-refractivity contribution in [3.63, 3.8) is 0 Å². The Labute approximate surface area is 169 Å². The molecule has 1 fully saturated rings. The van der Waals surface area contributed by atoms with Crippen molar-refractivity contribution in [2.24, 2.45) is 0 Å². The molecule has 2 aromatic rings. The van der Waals surface area contributed by atoms with Crippen LogP contribution in [0.4, 0.5) is 4.39 Å². The number of methoxy groups -OCH3 is 1. The highest BCUT2D eigenvalue weighted by molar-refractivity contribution is 7.89. The van der Waals surface area contributed by atoms with Crippen molar-refractivity contribution in [1.82, 2.24) is 9.62 Å². The van der Waals surface area contributed by atoms with Crippen LogP contribution in [0.1, 0.15) is 22.0 Å². The van der Waals surface area contributed by atoms with Gasteiger partial charge in [0.15, 0.2) is 0 Å². The number of nitrogens with one attached hydrogen (secondary N) is 1. The van der Waals surface area contributed by atoms with E-state index in [0.717, 1.165) is 0 Å². The molecular formula is C20H23FN2O5S. The summed E-state index contributed by atoms with van der Waals surface area (Å²) in [6.07, 6.45) is -0.504. The van der Waals surface area contributed by atoms with Gasteiger partial charge in [-0.05, 0) is 42.0 Å². The van der Waals surface area contributed by atoms with Crippen molar-refractivity contribution in [2.75, 3.05) is 40.0 Å². The van der Waals surface area contributed by atoms with Gasteiger partial charge < -0.3 is 14.8 Å². The number of sulfonamides is 1. The lowest BCUT2D eigenvalue weighted by Crippen LogP contribution is -2.40. The molecule has 29 heavy (non-hydrogen) atoms. The third-order valence-electron chi connectivity index (χ3n) is 4.68. The van der Waals surface area contributed by atoms with Gasteiger partial charge >= 0.3 is 0 Å². The lowest BCUT2D eigenvalue weighted by molar-refractivity contribution is 0.0730. The molecule has 1 amide bonds. The quantitative estimate of drug-likeness (QED) is 0.738. The number of amides is 1. The van der Waals surface area contributed by atoms with Crippen molar-refractivity contribution in [1.29, 1.82) is 0 Å². The van der Waals surface area contributed by atoms with Crippen molar-refractivity contribution in [2.45, 2.75) is 11.0 Å². The van der Waals surface area contributed by atoms with E-state index < -0.39 is 16.1 Å². The smallest absolute Gasteiger partial charge is 0.251 e. The molecule has 1 heterocycles. The van der Waals surface area contributed by atoms with E-state index in [1.807, 2.05) is 0 Å². The molecule has 0 radical (unpaired) electrons. The molecule has 1 saturated heterocycles. The predicted molar refractivity (Wildman–Crippen MR) is 105 cm³/mol. The zero-order valence-corrected chi connectivity index (χ0v) is 16.8. The van der Waals surface area contributed by atoms with Gasteiger partial charge in [-0.3, -0.25) is 4.79 Å². The molecule has 1 aliphatic heterocycles. The molecule has 3 rings (SSSR count). The van der Waals surface area contributed by atoms with E-state index in [-0.39, 0.29) is 23.2 Å². The van der Waals surface area contributed by atoms with Gasteiger partial charge in [0.25, 0.3) is 5.91 Å². The van der Waals surface area contributed by atoms with E-state index in [1.165, 1.54) is 47.8 Å². The molecule has 0 spiro atoms. The Morgan fingerprint density at radius 2 is 1.90 bits per heavy atom. The van der Waals surface area contributed by atoms with Gasteiger partial charge in [0.1, 0.15) is 5.82 Å². The number of ether oxygens (including phenoxy) is 2. The SMILES string of the molecule is COC(CNC(=O)c1ccc(S(=O)(=O)N2CCOCC2)cc1)c1cccc(F)c1. The summed E-state index contributed by atoms with van der Waals surface area (Å²) in [5, 5.41) is 2.73. The molecule has 1 unspecified atom stereocenters.